The van der Waals surface area contributed by atoms with Crippen molar-refractivity contribution < 1.29 is 19.4 Å². The Morgan fingerprint density at radius 1 is 1.07 bits per heavy atom. The van der Waals surface area contributed by atoms with Gasteiger partial charge in [0.1, 0.15) is 16.3 Å². The summed E-state index contributed by atoms with van der Waals surface area (Å²) in [5.41, 5.74) is 2.24. The van der Waals surface area contributed by atoms with Gasteiger partial charge in [-0.15, -0.1) is 0 Å². The molecule has 0 fully saturated rings. The highest BCUT2D eigenvalue weighted by Crippen LogP contribution is 2.50. The number of carboxylic acids is 1. The van der Waals surface area contributed by atoms with Crippen LogP contribution in [0.5, 0.6) is 0 Å². The van der Waals surface area contributed by atoms with E-state index >= 15 is 0 Å². The lowest BCUT2D eigenvalue weighted by molar-refractivity contribution is -0.111. The Hall–Kier alpha value is -1.22. The fraction of sp³-hybridized carbons (Fsp3) is 0.100. The van der Waals surface area contributed by atoms with E-state index in [1.165, 1.54) is 0 Å². The number of ketones is 1. The number of rotatable bonds is 2. The number of allylic oxidation sites excluding steroid dienone is 5. The van der Waals surface area contributed by atoms with Crippen molar-refractivity contribution in [3.05, 3.63) is 82.9 Å². The number of hydrogen-bond donors (Lipinski definition) is 1. The first kappa shape index (κ1) is 20.1. The molecule has 1 aliphatic heterocycles. The Kier molecular flexibility index (Phi) is 5.41. The lowest BCUT2D eigenvalue weighted by Crippen LogP contribution is -2.33. The van der Waals surface area contributed by atoms with Gasteiger partial charge in [0.25, 0.3) is 0 Å². The van der Waals surface area contributed by atoms with Crippen molar-refractivity contribution in [2.45, 2.75) is 6.10 Å². The second-order valence-electron chi connectivity index (χ2n) is 6.29. The molecule has 8 heteroatoms. The van der Waals surface area contributed by atoms with Gasteiger partial charge >= 0.3 is 5.97 Å². The minimum absolute atomic E-state index is 0.192. The van der Waals surface area contributed by atoms with Gasteiger partial charge in [0, 0.05) is 20.5 Å². The van der Waals surface area contributed by atoms with Crippen molar-refractivity contribution in [3.63, 3.8) is 0 Å². The van der Waals surface area contributed by atoms with E-state index in [1.807, 2.05) is 12.2 Å². The summed E-state index contributed by atoms with van der Waals surface area (Å²) in [6.07, 6.45) is 5.15. The summed E-state index contributed by atoms with van der Waals surface area (Å²) in [6.45, 7) is 0. The summed E-state index contributed by atoms with van der Waals surface area (Å²) in [5.74, 6) is -1.09. The van der Waals surface area contributed by atoms with Crippen LogP contribution in [0.3, 0.4) is 0 Å². The van der Waals surface area contributed by atoms with Gasteiger partial charge in [0.05, 0.1) is 10.0 Å². The maximum absolute atomic E-state index is 12.4. The van der Waals surface area contributed by atoms with Crippen LogP contribution in [0.25, 0.3) is 5.57 Å². The van der Waals surface area contributed by atoms with Crippen LogP contribution in [0.4, 0.5) is 0 Å². The summed E-state index contributed by atoms with van der Waals surface area (Å²) in [4.78, 5) is 24.3. The Morgan fingerprint density at radius 3 is 2.50 bits per heavy atom. The molecule has 1 heterocycles. The third kappa shape index (κ3) is 3.24. The van der Waals surface area contributed by atoms with Crippen molar-refractivity contribution in [2.75, 3.05) is 0 Å². The van der Waals surface area contributed by atoms with Crippen molar-refractivity contribution >= 4 is 81.0 Å². The lowest BCUT2D eigenvalue weighted by Gasteiger charge is -2.39. The zero-order chi connectivity index (χ0) is 20.2. The van der Waals surface area contributed by atoms with Crippen LogP contribution in [0.2, 0.25) is 0 Å². The first-order valence-corrected chi connectivity index (χ1v) is 11.3. The van der Waals surface area contributed by atoms with Crippen molar-refractivity contribution in [2.24, 2.45) is 5.92 Å². The Morgan fingerprint density at radius 2 is 1.79 bits per heavy atom. The van der Waals surface area contributed by atoms with E-state index in [9.17, 15) is 14.7 Å². The highest BCUT2D eigenvalue weighted by molar-refractivity contribution is 9.13. The topological polar surface area (TPSA) is 63.6 Å². The number of carboxylic acid groups (broad SMARTS) is 1. The van der Waals surface area contributed by atoms with Gasteiger partial charge < -0.3 is 9.84 Å². The molecule has 1 aromatic carbocycles. The molecule has 4 rings (SSSR count). The number of carbonyl (C=O) groups is 2. The minimum atomic E-state index is -1.01. The number of halogens is 4. The van der Waals surface area contributed by atoms with Crippen LogP contribution in [-0.2, 0) is 9.53 Å². The smallest absolute Gasteiger partial charge is 0.336 e. The number of ether oxygens (including phenoxy) is 1. The Bertz CT molecular complexity index is 1090. The number of fused-ring (bicyclic) bond motifs is 2. The standard InChI is InChI=1S/C20H10Br4O4/c21-8-5-11-15(9-3-1-2-4-10(9)20(26)27)12-7-13(22)17(25)16(24)19(12)28-18(11)14(23)6-8/h1-7,11,18H,(H,26,27). The van der Waals surface area contributed by atoms with Gasteiger partial charge in [-0.25, -0.2) is 4.79 Å². The second kappa shape index (κ2) is 7.55. The first-order valence-electron chi connectivity index (χ1n) is 8.09. The molecule has 0 saturated carbocycles. The average Bonchev–Trinajstić information content (AvgIpc) is 2.65. The molecule has 1 N–H and O–H groups in total. The van der Waals surface area contributed by atoms with Crippen molar-refractivity contribution in [1.82, 2.24) is 0 Å². The quantitative estimate of drug-likeness (QED) is 0.422. The van der Waals surface area contributed by atoms with Gasteiger partial charge in [-0.05, 0) is 61.2 Å². The Balaban J connectivity index is 2.08. The fourth-order valence-electron chi connectivity index (χ4n) is 3.49. The van der Waals surface area contributed by atoms with Crippen LogP contribution < -0.4 is 0 Å². The predicted octanol–water partition coefficient (Wildman–Crippen LogP) is 6.19. The summed E-state index contributed by atoms with van der Waals surface area (Å²) in [6, 6.07) is 6.86. The average molecular weight is 634 g/mol. The minimum Gasteiger partial charge on any atom is -0.482 e. The number of benzene rings is 1. The molecule has 0 spiro atoms. The molecule has 1 aromatic rings. The summed E-state index contributed by atoms with van der Waals surface area (Å²) in [7, 11) is 0. The molecule has 0 radical (unpaired) electrons. The fourth-order valence-corrected chi connectivity index (χ4v) is 6.17. The van der Waals surface area contributed by atoms with Gasteiger partial charge in [0.2, 0.25) is 5.78 Å². The zero-order valence-corrected chi connectivity index (χ0v) is 20.2. The molecule has 0 bridgehead atoms. The van der Waals surface area contributed by atoms with E-state index in [2.05, 4.69) is 63.7 Å². The van der Waals surface area contributed by atoms with Crippen LogP contribution in [0, 0.1) is 5.92 Å². The van der Waals surface area contributed by atoms with Gasteiger partial charge in [-0.3, -0.25) is 4.79 Å². The number of hydrogen-bond acceptors (Lipinski definition) is 3. The normalized spacial score (nSPS) is 24.0. The van der Waals surface area contributed by atoms with E-state index in [-0.39, 0.29) is 17.3 Å². The van der Waals surface area contributed by atoms with E-state index in [4.69, 9.17) is 4.74 Å². The predicted molar refractivity (Wildman–Crippen MR) is 121 cm³/mol. The van der Waals surface area contributed by atoms with E-state index in [0.717, 1.165) is 14.5 Å². The molecule has 2 unspecified atom stereocenters. The van der Waals surface area contributed by atoms with Crippen molar-refractivity contribution in [3.8, 4) is 0 Å². The summed E-state index contributed by atoms with van der Waals surface area (Å²) >= 11 is 13.7. The van der Waals surface area contributed by atoms with Gasteiger partial charge in [0.15, 0.2) is 0 Å². The zero-order valence-electron chi connectivity index (χ0n) is 13.9. The highest BCUT2D eigenvalue weighted by Gasteiger charge is 2.42. The molecule has 0 saturated heterocycles. The van der Waals surface area contributed by atoms with E-state index in [1.54, 1.807) is 30.3 Å². The first-order chi connectivity index (χ1) is 13.3. The molecule has 0 aromatic heterocycles. The summed E-state index contributed by atoms with van der Waals surface area (Å²) in [5, 5.41) is 9.74. The maximum Gasteiger partial charge on any atom is 0.336 e. The molecule has 28 heavy (non-hydrogen) atoms. The highest BCUT2D eigenvalue weighted by atomic mass is 79.9. The SMILES string of the molecule is O=C1C(Br)=CC2=C(c3ccccc3C(=O)O)C3C=C(Br)C=C(Br)C3OC2=C1Br. The Labute approximate surface area is 194 Å². The molecular formula is C20H10Br4O4. The van der Waals surface area contributed by atoms with E-state index in [0.29, 0.717) is 25.9 Å². The maximum atomic E-state index is 12.4. The number of aromatic carboxylic acids is 1. The third-order valence-electron chi connectivity index (χ3n) is 4.66. The van der Waals surface area contributed by atoms with Crippen LogP contribution >= 0.6 is 63.7 Å². The van der Waals surface area contributed by atoms with E-state index < -0.39 is 12.1 Å². The van der Waals surface area contributed by atoms with Crippen LogP contribution in [0.15, 0.2) is 71.8 Å². The molecule has 4 nitrogen and oxygen atoms in total. The number of Topliss-reactive ketones (excluding diaryl/α,β-unsaturated/α-hetero) is 1. The molecule has 142 valence electrons. The van der Waals surface area contributed by atoms with Crippen molar-refractivity contribution in [1.29, 1.82) is 0 Å². The third-order valence-corrected chi connectivity index (χ3v) is 7.14. The largest absolute Gasteiger partial charge is 0.482 e. The van der Waals surface area contributed by atoms with Crippen LogP contribution in [0.1, 0.15) is 15.9 Å². The lowest BCUT2D eigenvalue weighted by atomic mass is 9.78. The molecule has 3 aliphatic rings. The molecular weight excluding hydrogens is 624 g/mol. The molecule has 2 atom stereocenters. The number of carbonyl (C=O) groups excluding carboxylic acids is 1. The van der Waals surface area contributed by atoms with Crippen LogP contribution in [-0.4, -0.2) is 23.0 Å². The van der Waals surface area contributed by atoms with Gasteiger partial charge in [-0.1, -0.05) is 56.1 Å². The molecule has 2 aliphatic carbocycles. The van der Waals surface area contributed by atoms with Gasteiger partial charge in [-0.2, -0.15) is 0 Å². The second-order valence-corrected chi connectivity index (χ2v) is 9.77. The summed E-state index contributed by atoms with van der Waals surface area (Å²) < 4.78 is 8.53. The monoisotopic (exact) mass is 630 g/mol. The molecule has 0 amide bonds.